The highest BCUT2D eigenvalue weighted by molar-refractivity contribution is 6.07. The molecule has 0 bridgehead atoms. The second-order valence-corrected chi connectivity index (χ2v) is 7.07. The zero-order valence-electron chi connectivity index (χ0n) is 17.7. The third-order valence-electron chi connectivity index (χ3n) is 4.78. The molecule has 0 spiro atoms. The summed E-state index contributed by atoms with van der Waals surface area (Å²) < 4.78 is 30.3. The van der Waals surface area contributed by atoms with Crippen LogP contribution in [0.4, 0.5) is 20.3 Å². The number of alkyl halides is 2. The van der Waals surface area contributed by atoms with E-state index in [-0.39, 0.29) is 29.4 Å². The van der Waals surface area contributed by atoms with E-state index in [4.69, 9.17) is 5.73 Å². The minimum Gasteiger partial charge on any atom is -0.435 e. The van der Waals surface area contributed by atoms with Crippen LogP contribution in [0.15, 0.2) is 33.9 Å². The number of benzene rings is 1. The van der Waals surface area contributed by atoms with Crippen LogP contribution < -0.4 is 26.6 Å². The molecule has 0 saturated heterocycles. The van der Waals surface area contributed by atoms with Crippen LogP contribution in [0.3, 0.4) is 0 Å². The van der Waals surface area contributed by atoms with E-state index >= 15 is 0 Å². The zero-order valence-corrected chi connectivity index (χ0v) is 17.7. The molecule has 170 valence electrons. The second-order valence-electron chi connectivity index (χ2n) is 7.07. The Morgan fingerprint density at radius 2 is 1.77 bits per heavy atom. The number of hydrogen-bond donors (Lipinski definition) is 2. The molecule has 2 aromatic rings. The number of unbranched alkanes of at least 4 members (excludes halogenated alkanes) is 3. The quantitative estimate of drug-likeness (QED) is 0.523. The number of aromatic nitrogens is 2. The lowest BCUT2D eigenvalue weighted by atomic mass is 10.1. The van der Waals surface area contributed by atoms with Crippen molar-refractivity contribution in [2.75, 3.05) is 17.2 Å². The molecule has 0 saturated carbocycles. The molecular formula is C21H28F2N4O4. The molecule has 1 aromatic carbocycles. The van der Waals surface area contributed by atoms with Gasteiger partial charge in [-0.05, 0) is 37.1 Å². The number of nitrogens with zero attached hydrogens (tertiary/aromatic N) is 2. The van der Waals surface area contributed by atoms with Crippen LogP contribution in [0, 0.1) is 0 Å². The molecule has 0 aliphatic heterocycles. The van der Waals surface area contributed by atoms with Crippen LogP contribution in [0.1, 0.15) is 56.3 Å². The third-order valence-corrected chi connectivity index (χ3v) is 4.78. The van der Waals surface area contributed by atoms with Crippen molar-refractivity contribution in [1.29, 1.82) is 0 Å². The number of carbonyl (C=O) groups is 1. The van der Waals surface area contributed by atoms with Crippen molar-refractivity contribution in [3.8, 4) is 5.75 Å². The van der Waals surface area contributed by atoms with Gasteiger partial charge in [0.1, 0.15) is 11.6 Å². The van der Waals surface area contributed by atoms with Gasteiger partial charge in [-0.25, -0.2) is 4.79 Å². The molecular weight excluding hydrogens is 410 g/mol. The first-order valence-corrected chi connectivity index (χ1v) is 10.3. The molecule has 0 radical (unpaired) electrons. The highest BCUT2D eigenvalue weighted by Crippen LogP contribution is 2.22. The summed E-state index contributed by atoms with van der Waals surface area (Å²) >= 11 is 0. The first-order chi connectivity index (χ1) is 14.8. The van der Waals surface area contributed by atoms with Crippen molar-refractivity contribution >= 4 is 17.4 Å². The molecule has 31 heavy (non-hydrogen) atoms. The van der Waals surface area contributed by atoms with Crippen molar-refractivity contribution in [3.63, 3.8) is 0 Å². The van der Waals surface area contributed by atoms with Gasteiger partial charge in [-0.1, -0.05) is 33.1 Å². The summed E-state index contributed by atoms with van der Waals surface area (Å²) in [6.07, 6.45) is 3.81. The Hall–Kier alpha value is -3.17. The maximum Gasteiger partial charge on any atom is 0.387 e. The topological polar surface area (TPSA) is 110 Å². The SMILES string of the molecule is CCCCCN(C(=O)c1ccc(OC(F)F)cc1)c1c(N)n(CCCC)c(=O)[nH]c1=O. The van der Waals surface area contributed by atoms with Crippen molar-refractivity contribution in [3.05, 3.63) is 50.7 Å². The van der Waals surface area contributed by atoms with Crippen LogP contribution in [-0.2, 0) is 6.54 Å². The molecule has 0 fully saturated rings. The van der Waals surface area contributed by atoms with E-state index in [0.717, 1.165) is 19.3 Å². The summed E-state index contributed by atoms with van der Waals surface area (Å²) in [6.45, 7) is 1.49. The maximum atomic E-state index is 13.2. The molecule has 1 heterocycles. The number of nitrogens with one attached hydrogen (secondary N) is 1. The summed E-state index contributed by atoms with van der Waals surface area (Å²) in [6, 6.07) is 5.17. The number of ether oxygens (including phenoxy) is 1. The van der Waals surface area contributed by atoms with Crippen molar-refractivity contribution in [2.24, 2.45) is 0 Å². The normalized spacial score (nSPS) is 11.0. The Morgan fingerprint density at radius 3 is 2.35 bits per heavy atom. The number of amides is 1. The lowest BCUT2D eigenvalue weighted by molar-refractivity contribution is -0.0498. The lowest BCUT2D eigenvalue weighted by Gasteiger charge is -2.24. The molecule has 1 amide bonds. The van der Waals surface area contributed by atoms with Crippen molar-refractivity contribution in [2.45, 2.75) is 59.1 Å². The van der Waals surface area contributed by atoms with Gasteiger partial charge < -0.3 is 15.4 Å². The zero-order chi connectivity index (χ0) is 23.0. The van der Waals surface area contributed by atoms with Gasteiger partial charge in [0.2, 0.25) is 0 Å². The largest absolute Gasteiger partial charge is 0.435 e. The number of nitrogens with two attached hydrogens (primary N) is 1. The monoisotopic (exact) mass is 438 g/mol. The van der Waals surface area contributed by atoms with E-state index in [9.17, 15) is 23.2 Å². The maximum absolute atomic E-state index is 13.2. The summed E-state index contributed by atoms with van der Waals surface area (Å²) in [5.41, 5.74) is 4.87. The number of carbonyl (C=O) groups excluding carboxylic acids is 1. The molecule has 1 aromatic heterocycles. The average molecular weight is 438 g/mol. The molecule has 3 N–H and O–H groups in total. The number of aromatic amines is 1. The van der Waals surface area contributed by atoms with Crippen LogP contribution in [0.5, 0.6) is 5.75 Å². The van der Waals surface area contributed by atoms with Gasteiger partial charge in [0.15, 0.2) is 5.69 Å². The van der Waals surface area contributed by atoms with Gasteiger partial charge in [0.25, 0.3) is 11.5 Å². The van der Waals surface area contributed by atoms with Gasteiger partial charge in [0, 0.05) is 18.7 Å². The minimum absolute atomic E-state index is 0.0790. The number of hydrogen-bond acceptors (Lipinski definition) is 5. The first kappa shape index (κ1) is 24.1. The average Bonchev–Trinajstić information content (AvgIpc) is 2.72. The van der Waals surface area contributed by atoms with Gasteiger partial charge in [0.05, 0.1) is 0 Å². The highest BCUT2D eigenvalue weighted by Gasteiger charge is 2.25. The second kappa shape index (κ2) is 11.3. The molecule has 0 aliphatic rings. The summed E-state index contributed by atoms with van der Waals surface area (Å²) in [7, 11) is 0. The van der Waals surface area contributed by atoms with E-state index in [2.05, 4.69) is 9.72 Å². The third kappa shape index (κ3) is 6.16. The van der Waals surface area contributed by atoms with Crippen LogP contribution in [-0.4, -0.2) is 28.6 Å². The first-order valence-electron chi connectivity index (χ1n) is 10.3. The predicted octanol–water partition coefficient (Wildman–Crippen LogP) is 3.36. The number of anilines is 2. The molecule has 8 nitrogen and oxygen atoms in total. The van der Waals surface area contributed by atoms with Crippen LogP contribution >= 0.6 is 0 Å². The van der Waals surface area contributed by atoms with Gasteiger partial charge >= 0.3 is 12.3 Å². The van der Waals surface area contributed by atoms with Crippen LogP contribution in [0.25, 0.3) is 0 Å². The van der Waals surface area contributed by atoms with Crippen molar-refractivity contribution < 1.29 is 18.3 Å². The fraction of sp³-hybridized carbons (Fsp3) is 0.476. The van der Waals surface area contributed by atoms with E-state index < -0.39 is 23.8 Å². The minimum atomic E-state index is -2.98. The molecule has 10 heteroatoms. The summed E-state index contributed by atoms with van der Waals surface area (Å²) in [4.78, 5) is 41.6. The number of nitrogen functional groups attached to an aromatic ring is 1. The summed E-state index contributed by atoms with van der Waals surface area (Å²) in [5.74, 6) is -0.697. The Bertz CT molecular complexity index is 986. The van der Waals surface area contributed by atoms with E-state index in [1.807, 2.05) is 13.8 Å². The Labute approximate surface area is 178 Å². The van der Waals surface area contributed by atoms with Crippen molar-refractivity contribution in [1.82, 2.24) is 9.55 Å². The van der Waals surface area contributed by atoms with Crippen LogP contribution in [0.2, 0.25) is 0 Å². The Balaban J connectivity index is 2.47. The Kier molecular flexibility index (Phi) is 8.77. The predicted molar refractivity (Wildman–Crippen MR) is 115 cm³/mol. The molecule has 0 atom stereocenters. The fourth-order valence-electron chi connectivity index (χ4n) is 3.15. The number of H-pyrrole nitrogens is 1. The molecule has 2 rings (SSSR count). The highest BCUT2D eigenvalue weighted by atomic mass is 19.3. The van der Waals surface area contributed by atoms with E-state index in [0.29, 0.717) is 19.4 Å². The molecule has 0 unspecified atom stereocenters. The van der Waals surface area contributed by atoms with Gasteiger partial charge in [-0.2, -0.15) is 8.78 Å². The summed E-state index contributed by atoms with van der Waals surface area (Å²) in [5, 5.41) is 0. The molecule has 0 aliphatic carbocycles. The van der Waals surface area contributed by atoms with E-state index in [1.54, 1.807) is 0 Å². The fourth-order valence-corrected chi connectivity index (χ4v) is 3.15. The van der Waals surface area contributed by atoms with E-state index in [1.165, 1.54) is 33.7 Å². The lowest BCUT2D eigenvalue weighted by Crippen LogP contribution is -2.41. The number of rotatable bonds is 11. The smallest absolute Gasteiger partial charge is 0.387 e. The number of halogens is 2. The Morgan fingerprint density at radius 1 is 1.13 bits per heavy atom. The van der Waals surface area contributed by atoms with Gasteiger partial charge in [-0.15, -0.1) is 0 Å². The van der Waals surface area contributed by atoms with Gasteiger partial charge in [-0.3, -0.25) is 19.1 Å². The standard InChI is InChI=1S/C21H28F2N4O4/c1-3-5-7-13-26(19(29)14-8-10-15(11-9-14)31-20(22)23)16-17(24)27(12-6-4-2)21(30)25-18(16)28/h8-11,20H,3-7,12-13,24H2,1-2H3,(H,25,28,30).